The molecule has 0 atom stereocenters. The molecule has 0 bridgehead atoms. The molecular weight excluding hydrogens is 232 g/mol. The van der Waals surface area contributed by atoms with Gasteiger partial charge in [0, 0.05) is 5.56 Å². The summed E-state index contributed by atoms with van der Waals surface area (Å²) in [5.74, 6) is 2.70. The van der Waals surface area contributed by atoms with E-state index >= 15 is 0 Å². The van der Waals surface area contributed by atoms with Crippen molar-refractivity contribution in [3.8, 4) is 18.1 Å². The monoisotopic (exact) mass is 242 g/mol. The lowest BCUT2D eigenvalue weighted by Gasteiger charge is -2.04. The molecule has 0 saturated carbocycles. The second-order valence-corrected chi connectivity index (χ2v) is 3.38. The minimum atomic E-state index is -0.305. The lowest BCUT2D eigenvalue weighted by molar-refractivity contribution is 0.0962. The Morgan fingerprint density at radius 2 is 2.17 bits per heavy atom. The molecule has 0 aliphatic heterocycles. The molecule has 6 heteroatoms. The van der Waals surface area contributed by atoms with Gasteiger partial charge in [-0.2, -0.15) is 0 Å². The van der Waals surface area contributed by atoms with E-state index in [1.165, 1.54) is 6.33 Å². The maximum Gasteiger partial charge on any atom is 0.266 e. The zero-order valence-electron chi connectivity index (χ0n) is 9.41. The fraction of sp³-hybridized carbons (Fsp3) is 0.0833. The first-order valence-corrected chi connectivity index (χ1v) is 5.09. The minimum absolute atomic E-state index is 0.0488. The Balaban J connectivity index is 2.18. The Labute approximate surface area is 103 Å². The summed E-state index contributed by atoms with van der Waals surface area (Å²) in [6.45, 7) is 0.186. The number of anilines is 1. The zero-order chi connectivity index (χ0) is 13.0. The van der Waals surface area contributed by atoms with Crippen molar-refractivity contribution < 1.29 is 9.53 Å². The van der Waals surface area contributed by atoms with Gasteiger partial charge in [0.25, 0.3) is 5.91 Å². The van der Waals surface area contributed by atoms with E-state index in [-0.39, 0.29) is 18.5 Å². The zero-order valence-corrected chi connectivity index (χ0v) is 9.41. The van der Waals surface area contributed by atoms with Crippen LogP contribution in [0.4, 0.5) is 5.95 Å². The highest BCUT2D eigenvalue weighted by molar-refractivity contribution is 5.97. The summed E-state index contributed by atoms with van der Waals surface area (Å²) in [6.07, 6.45) is 6.34. The molecule has 6 nitrogen and oxygen atoms in total. The first-order chi connectivity index (χ1) is 8.72. The summed E-state index contributed by atoms with van der Waals surface area (Å²) < 4.78 is 6.36. The smallest absolute Gasteiger partial charge is 0.266 e. The maximum atomic E-state index is 12.0. The van der Waals surface area contributed by atoms with Crippen molar-refractivity contribution >= 4 is 11.9 Å². The SMILES string of the molecule is C#CCOc1ccc(C(=O)n2cnnc2N)cc1. The van der Waals surface area contributed by atoms with E-state index in [0.29, 0.717) is 11.3 Å². The fourth-order valence-corrected chi connectivity index (χ4v) is 1.36. The van der Waals surface area contributed by atoms with E-state index in [4.69, 9.17) is 16.9 Å². The second kappa shape index (κ2) is 5.01. The number of hydrogen-bond acceptors (Lipinski definition) is 5. The molecule has 1 aromatic heterocycles. The highest BCUT2D eigenvalue weighted by atomic mass is 16.5. The third-order valence-corrected chi connectivity index (χ3v) is 2.22. The first kappa shape index (κ1) is 11.7. The Hall–Kier alpha value is -2.81. The molecule has 2 rings (SSSR count). The molecule has 0 spiro atoms. The van der Waals surface area contributed by atoms with E-state index in [1.54, 1.807) is 24.3 Å². The van der Waals surface area contributed by atoms with Crippen LogP contribution in [0, 0.1) is 12.3 Å². The average molecular weight is 242 g/mol. The van der Waals surface area contributed by atoms with Crippen LogP contribution >= 0.6 is 0 Å². The van der Waals surface area contributed by atoms with Gasteiger partial charge in [-0.15, -0.1) is 16.6 Å². The van der Waals surface area contributed by atoms with Crippen molar-refractivity contribution in [1.82, 2.24) is 14.8 Å². The number of hydrogen-bond donors (Lipinski definition) is 1. The number of carbonyl (C=O) groups is 1. The van der Waals surface area contributed by atoms with Crippen LogP contribution in [0.2, 0.25) is 0 Å². The standard InChI is InChI=1S/C12H10N4O2/c1-2-7-18-10-5-3-9(4-6-10)11(17)16-8-14-15-12(16)13/h1,3-6,8H,7H2,(H2,13,15). The molecule has 0 amide bonds. The van der Waals surface area contributed by atoms with Crippen LogP contribution < -0.4 is 10.5 Å². The quantitative estimate of drug-likeness (QED) is 0.795. The second-order valence-electron chi connectivity index (χ2n) is 3.38. The molecule has 0 saturated heterocycles. The summed E-state index contributed by atoms with van der Waals surface area (Å²) in [5, 5.41) is 7.09. The molecule has 0 radical (unpaired) electrons. The molecule has 2 aromatic rings. The molecular formula is C12H10N4O2. The number of benzene rings is 1. The van der Waals surface area contributed by atoms with Crippen LogP contribution in [0.1, 0.15) is 10.4 Å². The van der Waals surface area contributed by atoms with Gasteiger partial charge in [0.15, 0.2) is 0 Å². The number of aromatic nitrogens is 3. The van der Waals surface area contributed by atoms with Crippen LogP contribution in [0.5, 0.6) is 5.75 Å². The van der Waals surface area contributed by atoms with Crippen LogP contribution in [0.3, 0.4) is 0 Å². The highest BCUT2D eigenvalue weighted by Crippen LogP contribution is 2.13. The van der Waals surface area contributed by atoms with Gasteiger partial charge in [0.2, 0.25) is 5.95 Å². The van der Waals surface area contributed by atoms with Crippen LogP contribution in [0.15, 0.2) is 30.6 Å². The number of nitrogen functional groups attached to an aromatic ring is 1. The van der Waals surface area contributed by atoms with Crippen molar-refractivity contribution in [2.45, 2.75) is 0 Å². The van der Waals surface area contributed by atoms with Gasteiger partial charge in [-0.05, 0) is 24.3 Å². The van der Waals surface area contributed by atoms with Gasteiger partial charge >= 0.3 is 0 Å². The molecule has 0 aliphatic rings. The van der Waals surface area contributed by atoms with E-state index < -0.39 is 0 Å². The lowest BCUT2D eigenvalue weighted by Crippen LogP contribution is -2.13. The summed E-state index contributed by atoms with van der Waals surface area (Å²) in [5.41, 5.74) is 5.95. The van der Waals surface area contributed by atoms with Crippen molar-refractivity contribution in [1.29, 1.82) is 0 Å². The van der Waals surface area contributed by atoms with Crippen LogP contribution in [-0.4, -0.2) is 27.3 Å². The highest BCUT2D eigenvalue weighted by Gasteiger charge is 2.11. The summed E-state index contributed by atoms with van der Waals surface area (Å²) in [7, 11) is 0. The maximum absolute atomic E-state index is 12.0. The molecule has 1 aromatic carbocycles. The molecule has 90 valence electrons. The Kier molecular flexibility index (Phi) is 3.25. The number of nitrogens with zero attached hydrogens (tertiary/aromatic N) is 3. The van der Waals surface area contributed by atoms with Gasteiger partial charge in [0.05, 0.1) is 0 Å². The van der Waals surface area contributed by atoms with Crippen molar-refractivity contribution in [2.75, 3.05) is 12.3 Å². The van der Waals surface area contributed by atoms with Gasteiger partial charge < -0.3 is 10.5 Å². The number of nitrogens with two attached hydrogens (primary N) is 1. The number of rotatable bonds is 3. The molecule has 2 N–H and O–H groups in total. The summed E-state index contributed by atoms with van der Waals surface area (Å²) in [6, 6.07) is 6.55. The number of terminal acetylenes is 1. The van der Waals surface area contributed by atoms with Gasteiger partial charge in [-0.3, -0.25) is 4.79 Å². The molecule has 18 heavy (non-hydrogen) atoms. The lowest BCUT2D eigenvalue weighted by atomic mass is 10.2. The van der Waals surface area contributed by atoms with E-state index in [0.717, 1.165) is 4.57 Å². The Bertz CT molecular complexity index is 595. The van der Waals surface area contributed by atoms with Crippen LogP contribution in [0.25, 0.3) is 0 Å². The van der Waals surface area contributed by atoms with Crippen molar-refractivity contribution in [3.63, 3.8) is 0 Å². The third kappa shape index (κ3) is 2.30. The average Bonchev–Trinajstić information content (AvgIpc) is 2.82. The molecule has 0 fully saturated rings. The van der Waals surface area contributed by atoms with Gasteiger partial charge in [0.1, 0.15) is 18.7 Å². The minimum Gasteiger partial charge on any atom is -0.481 e. The summed E-state index contributed by atoms with van der Waals surface area (Å²) in [4.78, 5) is 12.0. The van der Waals surface area contributed by atoms with Crippen molar-refractivity contribution in [2.24, 2.45) is 0 Å². The topological polar surface area (TPSA) is 83.0 Å². The Morgan fingerprint density at radius 1 is 1.44 bits per heavy atom. The molecule has 0 unspecified atom stereocenters. The van der Waals surface area contributed by atoms with E-state index in [9.17, 15) is 4.79 Å². The number of carbonyl (C=O) groups excluding carboxylic acids is 1. The first-order valence-electron chi connectivity index (χ1n) is 5.09. The normalized spacial score (nSPS) is 9.72. The van der Waals surface area contributed by atoms with E-state index in [1.807, 2.05) is 0 Å². The predicted molar refractivity (Wildman–Crippen MR) is 64.9 cm³/mol. The molecule has 1 heterocycles. The third-order valence-electron chi connectivity index (χ3n) is 2.22. The fourth-order valence-electron chi connectivity index (χ4n) is 1.36. The number of ether oxygens (including phenoxy) is 1. The van der Waals surface area contributed by atoms with E-state index in [2.05, 4.69) is 16.1 Å². The van der Waals surface area contributed by atoms with Gasteiger partial charge in [-0.1, -0.05) is 5.92 Å². The summed E-state index contributed by atoms with van der Waals surface area (Å²) >= 11 is 0. The Morgan fingerprint density at radius 3 is 2.72 bits per heavy atom. The van der Waals surface area contributed by atoms with Crippen molar-refractivity contribution in [3.05, 3.63) is 36.2 Å². The molecule has 0 aliphatic carbocycles. The predicted octanol–water partition coefficient (Wildman–Crippen LogP) is 0.561. The largest absolute Gasteiger partial charge is 0.481 e. The van der Waals surface area contributed by atoms with Crippen LogP contribution in [-0.2, 0) is 0 Å². The van der Waals surface area contributed by atoms with Gasteiger partial charge in [-0.25, -0.2) is 4.57 Å².